The minimum Gasteiger partial charge on any atom is -1.00 e. The smallest absolute Gasteiger partial charge is 0.163 e. The zero-order valence-corrected chi connectivity index (χ0v) is 16.3. The first-order chi connectivity index (χ1) is 11.7. The second-order valence-electron chi connectivity index (χ2n) is 7.30. The van der Waals surface area contributed by atoms with Crippen LogP contribution in [-0.2, 0) is 6.42 Å². The average Bonchev–Trinajstić information content (AvgIpc) is 3.02. The number of ketones is 1. The first kappa shape index (κ1) is 22.1. The third kappa shape index (κ3) is 8.35. The molecule has 0 saturated carbocycles. The second-order valence-corrected chi connectivity index (χ2v) is 7.30. The maximum atomic E-state index is 12.3. The van der Waals surface area contributed by atoms with Crippen molar-refractivity contribution in [1.29, 1.82) is 0 Å². The van der Waals surface area contributed by atoms with Gasteiger partial charge in [-0.25, -0.2) is 0 Å². The lowest BCUT2D eigenvalue weighted by atomic mass is 9.99. The highest BCUT2D eigenvalue weighted by atomic mass is 35.5. The van der Waals surface area contributed by atoms with Crippen LogP contribution in [-0.4, -0.2) is 29.6 Å². The van der Waals surface area contributed by atoms with Gasteiger partial charge in [0.1, 0.15) is 12.6 Å². The van der Waals surface area contributed by atoms with Crippen LogP contribution in [0.3, 0.4) is 0 Å². The molecule has 0 aromatic heterocycles. The molecule has 1 aliphatic rings. The van der Waals surface area contributed by atoms with Crippen LogP contribution in [0.5, 0.6) is 0 Å². The van der Waals surface area contributed by atoms with Crippen molar-refractivity contribution in [3.63, 3.8) is 0 Å². The molecule has 1 aromatic rings. The predicted octanol–water partition coefficient (Wildman–Crippen LogP) is 0.253. The summed E-state index contributed by atoms with van der Waals surface area (Å²) in [6.45, 7) is 3.03. The number of quaternary nitrogens is 1. The lowest BCUT2D eigenvalue weighted by Crippen LogP contribution is -3.00. The summed E-state index contributed by atoms with van der Waals surface area (Å²) in [5, 5.41) is 11.7. The fourth-order valence-corrected chi connectivity index (χ4v) is 3.55. The minimum atomic E-state index is -0.189. The number of unbranched alkanes of at least 4 members (excludes halogenated alkanes) is 5. The van der Waals surface area contributed by atoms with Crippen molar-refractivity contribution < 1.29 is 27.6 Å². The summed E-state index contributed by atoms with van der Waals surface area (Å²) in [6, 6.07) is 8.62. The number of aryl methyl sites for hydroxylation is 1. The van der Waals surface area contributed by atoms with Crippen molar-refractivity contribution >= 4 is 5.78 Å². The number of hydrogen-bond acceptors (Lipinski definition) is 2. The Morgan fingerprint density at radius 1 is 1.12 bits per heavy atom. The van der Waals surface area contributed by atoms with Crippen molar-refractivity contribution in [2.75, 3.05) is 6.54 Å². The van der Waals surface area contributed by atoms with Gasteiger partial charge in [0.2, 0.25) is 0 Å². The quantitative estimate of drug-likeness (QED) is 0.435. The van der Waals surface area contributed by atoms with Gasteiger partial charge in [0.25, 0.3) is 0 Å². The molecule has 0 unspecified atom stereocenters. The number of halogens is 1. The van der Waals surface area contributed by atoms with E-state index in [1.165, 1.54) is 44.1 Å². The highest BCUT2D eigenvalue weighted by Crippen LogP contribution is 2.14. The number of hydrogen-bond donors (Lipinski definition) is 2. The molecule has 3 nitrogen and oxygen atoms in total. The lowest BCUT2D eigenvalue weighted by molar-refractivity contribution is -0.672. The molecule has 0 spiro atoms. The molecule has 1 fully saturated rings. The van der Waals surface area contributed by atoms with Crippen molar-refractivity contribution in [3.8, 4) is 0 Å². The molecule has 0 radical (unpaired) electrons. The van der Waals surface area contributed by atoms with Crippen LogP contribution >= 0.6 is 0 Å². The second kappa shape index (κ2) is 12.5. The van der Waals surface area contributed by atoms with E-state index in [0.29, 0.717) is 12.5 Å². The normalized spacial score (nSPS) is 19.6. The van der Waals surface area contributed by atoms with Crippen molar-refractivity contribution in [3.05, 3.63) is 35.4 Å². The summed E-state index contributed by atoms with van der Waals surface area (Å²) in [7, 11) is 0. The third-order valence-corrected chi connectivity index (χ3v) is 5.15. The van der Waals surface area contributed by atoms with E-state index in [2.05, 4.69) is 24.4 Å². The Morgan fingerprint density at radius 2 is 1.80 bits per heavy atom. The van der Waals surface area contributed by atoms with E-state index in [1.54, 1.807) is 0 Å². The van der Waals surface area contributed by atoms with E-state index in [4.69, 9.17) is 0 Å². The Labute approximate surface area is 159 Å². The highest BCUT2D eigenvalue weighted by Gasteiger charge is 2.26. The average molecular weight is 368 g/mol. The maximum Gasteiger partial charge on any atom is 0.163 e. The molecule has 1 saturated heterocycles. The van der Waals surface area contributed by atoms with Gasteiger partial charge >= 0.3 is 0 Å². The van der Waals surface area contributed by atoms with Crippen LogP contribution in [0.2, 0.25) is 0 Å². The fraction of sp³-hybridized carbons (Fsp3) is 0.667. The van der Waals surface area contributed by atoms with E-state index >= 15 is 0 Å². The number of Topliss-reactive ketones (excluding diaryl/α,β-unsaturated/α-hetero) is 1. The minimum absolute atomic E-state index is 0. The van der Waals surface area contributed by atoms with Gasteiger partial charge in [-0.3, -0.25) is 4.79 Å². The van der Waals surface area contributed by atoms with Crippen molar-refractivity contribution in [1.82, 2.24) is 0 Å². The maximum absolute atomic E-state index is 12.3. The Bertz CT molecular complexity index is 489. The number of carbonyl (C=O) groups excluding carboxylic acids is 1. The Morgan fingerprint density at radius 3 is 2.44 bits per heavy atom. The fourth-order valence-electron chi connectivity index (χ4n) is 3.55. The number of benzene rings is 1. The van der Waals surface area contributed by atoms with Crippen molar-refractivity contribution in [2.45, 2.75) is 83.3 Å². The van der Waals surface area contributed by atoms with Gasteiger partial charge in [-0.2, -0.15) is 0 Å². The number of aliphatic hydroxyl groups is 1. The SMILES string of the molecule is CCCCCCCCc1ccc(C(=O)CC[C@@H]2C[C@@H](O)C[NH2+]2)cc1.[Cl-]. The largest absolute Gasteiger partial charge is 1.00 e. The predicted molar refractivity (Wildman–Crippen MR) is 98.3 cm³/mol. The van der Waals surface area contributed by atoms with E-state index < -0.39 is 0 Å². The molecular formula is C21H34ClNO2. The van der Waals surface area contributed by atoms with Crippen LogP contribution in [0.15, 0.2) is 24.3 Å². The summed E-state index contributed by atoms with van der Waals surface area (Å²) >= 11 is 0. The molecule has 0 bridgehead atoms. The molecule has 4 heteroatoms. The Kier molecular flexibility index (Phi) is 11.0. The Balaban J connectivity index is 0.00000312. The zero-order valence-electron chi connectivity index (χ0n) is 15.6. The summed E-state index contributed by atoms with van der Waals surface area (Å²) in [5.74, 6) is 0.232. The van der Waals surface area contributed by atoms with E-state index in [1.807, 2.05) is 12.1 Å². The molecule has 1 heterocycles. The number of aliphatic hydroxyl groups excluding tert-OH is 1. The Hall–Kier alpha value is -0.900. The van der Waals surface area contributed by atoms with Crippen LogP contribution in [0.4, 0.5) is 0 Å². The monoisotopic (exact) mass is 367 g/mol. The van der Waals surface area contributed by atoms with Gasteiger partial charge in [0, 0.05) is 24.8 Å². The third-order valence-electron chi connectivity index (χ3n) is 5.15. The highest BCUT2D eigenvalue weighted by molar-refractivity contribution is 5.96. The van der Waals surface area contributed by atoms with Gasteiger partial charge < -0.3 is 22.8 Å². The molecule has 0 aliphatic carbocycles. The lowest BCUT2D eigenvalue weighted by Gasteiger charge is -2.07. The number of nitrogens with two attached hydrogens (primary N) is 1. The molecule has 1 aromatic carbocycles. The number of carbonyl (C=O) groups is 1. The van der Waals surface area contributed by atoms with Crippen LogP contribution in [0.1, 0.15) is 80.6 Å². The van der Waals surface area contributed by atoms with Gasteiger partial charge in [0.15, 0.2) is 5.78 Å². The molecule has 25 heavy (non-hydrogen) atoms. The van der Waals surface area contributed by atoms with Gasteiger partial charge in [-0.1, -0.05) is 63.3 Å². The van der Waals surface area contributed by atoms with Crippen LogP contribution in [0, 0.1) is 0 Å². The summed E-state index contributed by atoms with van der Waals surface area (Å²) < 4.78 is 0. The molecule has 2 rings (SSSR count). The summed E-state index contributed by atoms with van der Waals surface area (Å²) in [6.07, 6.45) is 11.1. The summed E-state index contributed by atoms with van der Waals surface area (Å²) in [4.78, 5) is 12.3. The van der Waals surface area contributed by atoms with E-state index in [9.17, 15) is 9.90 Å². The molecule has 0 amide bonds. The standard InChI is InChI=1S/C21H33NO2.ClH/c1-2-3-4-5-6-7-8-17-9-11-18(12-10-17)21(24)14-13-19-15-20(23)16-22-19;/h9-12,19-20,22-23H,2-8,13-16H2,1H3;1H/t19-,20-;/m1./s1. The molecular weight excluding hydrogens is 334 g/mol. The van der Waals surface area contributed by atoms with Crippen molar-refractivity contribution in [2.24, 2.45) is 0 Å². The topological polar surface area (TPSA) is 53.9 Å². The molecule has 2 atom stereocenters. The first-order valence-electron chi connectivity index (χ1n) is 9.82. The molecule has 1 aliphatic heterocycles. The van der Waals surface area contributed by atoms with Gasteiger partial charge in [-0.05, 0) is 18.4 Å². The van der Waals surface area contributed by atoms with E-state index in [0.717, 1.165) is 31.4 Å². The molecule has 3 N–H and O–H groups in total. The van der Waals surface area contributed by atoms with Crippen LogP contribution in [0.25, 0.3) is 0 Å². The van der Waals surface area contributed by atoms with Gasteiger partial charge in [0.05, 0.1) is 6.04 Å². The van der Waals surface area contributed by atoms with E-state index in [-0.39, 0.29) is 24.3 Å². The molecule has 142 valence electrons. The zero-order chi connectivity index (χ0) is 17.2. The number of rotatable bonds is 11. The van der Waals surface area contributed by atoms with Crippen LogP contribution < -0.4 is 17.7 Å². The van der Waals surface area contributed by atoms with Gasteiger partial charge in [-0.15, -0.1) is 0 Å². The first-order valence-corrected chi connectivity index (χ1v) is 9.82. The summed E-state index contributed by atoms with van der Waals surface area (Å²) in [5.41, 5.74) is 2.18.